The highest BCUT2D eigenvalue weighted by molar-refractivity contribution is 6.31. The Morgan fingerprint density at radius 1 is 1.25 bits per heavy atom. The summed E-state index contributed by atoms with van der Waals surface area (Å²) in [7, 11) is 0. The lowest BCUT2D eigenvalue weighted by Crippen LogP contribution is -2.32. The highest BCUT2D eigenvalue weighted by Crippen LogP contribution is 2.33. The van der Waals surface area contributed by atoms with Gasteiger partial charge in [-0.15, -0.1) is 0 Å². The molecule has 2 heterocycles. The van der Waals surface area contributed by atoms with Crippen molar-refractivity contribution in [3.63, 3.8) is 0 Å². The summed E-state index contributed by atoms with van der Waals surface area (Å²) in [5.41, 5.74) is 2.45. The summed E-state index contributed by atoms with van der Waals surface area (Å²) >= 11 is 6.04. The van der Waals surface area contributed by atoms with Gasteiger partial charge in [-0.2, -0.15) is 0 Å². The third-order valence-electron chi connectivity index (χ3n) is 4.37. The predicted octanol–water partition coefficient (Wildman–Crippen LogP) is 4.65. The third-order valence-corrected chi connectivity index (χ3v) is 4.60. The smallest absolute Gasteiger partial charge is 0.287 e. The number of furan rings is 1. The molecule has 1 N–H and O–H groups in total. The van der Waals surface area contributed by atoms with Crippen LogP contribution in [0.2, 0.25) is 5.02 Å². The molecule has 0 bridgehead atoms. The van der Waals surface area contributed by atoms with Gasteiger partial charge in [0.05, 0.1) is 12.6 Å². The van der Waals surface area contributed by atoms with E-state index in [1.54, 1.807) is 12.1 Å². The Hall–Kier alpha value is -2.46. The Labute approximate surface area is 144 Å². The molecule has 1 amide bonds. The van der Waals surface area contributed by atoms with Crippen molar-refractivity contribution in [2.45, 2.75) is 19.4 Å². The molecule has 1 aromatic heterocycles. The van der Waals surface area contributed by atoms with E-state index in [1.807, 2.05) is 37.3 Å². The average Bonchev–Trinajstić information content (AvgIpc) is 2.92. The quantitative estimate of drug-likeness (QED) is 0.738. The molecule has 4 nitrogen and oxygen atoms in total. The summed E-state index contributed by atoms with van der Waals surface area (Å²) < 4.78 is 11.4. The molecule has 0 saturated carbocycles. The number of para-hydroxylation sites is 1. The standard InChI is InChI=1S/C19H16ClNO3/c1-11-14-10-12(20)6-7-17(14)24-18(11)19(22)21-15-8-9-23-16-5-3-2-4-13(15)16/h2-7,10,15H,8-9H2,1H3,(H,21,22). The molecule has 2 aromatic carbocycles. The molecule has 24 heavy (non-hydrogen) atoms. The van der Waals surface area contributed by atoms with Crippen LogP contribution in [0.3, 0.4) is 0 Å². The maximum Gasteiger partial charge on any atom is 0.287 e. The summed E-state index contributed by atoms with van der Waals surface area (Å²) in [6.45, 7) is 2.45. The van der Waals surface area contributed by atoms with E-state index in [2.05, 4.69) is 5.32 Å². The van der Waals surface area contributed by atoms with Gasteiger partial charge in [-0.3, -0.25) is 4.79 Å². The highest BCUT2D eigenvalue weighted by atomic mass is 35.5. The number of aryl methyl sites for hydroxylation is 1. The van der Waals surface area contributed by atoms with E-state index in [0.29, 0.717) is 23.0 Å². The number of carbonyl (C=O) groups excluding carboxylic acids is 1. The van der Waals surface area contributed by atoms with Crippen molar-refractivity contribution in [3.05, 3.63) is 64.4 Å². The number of hydrogen-bond acceptors (Lipinski definition) is 3. The number of nitrogens with one attached hydrogen (secondary N) is 1. The van der Waals surface area contributed by atoms with E-state index in [4.69, 9.17) is 20.8 Å². The second-order valence-corrected chi connectivity index (χ2v) is 6.33. The van der Waals surface area contributed by atoms with Crippen LogP contribution in [0.1, 0.15) is 34.1 Å². The molecule has 5 heteroatoms. The van der Waals surface area contributed by atoms with Crippen LogP contribution in [-0.2, 0) is 0 Å². The molecule has 4 rings (SSSR count). The maximum atomic E-state index is 12.7. The van der Waals surface area contributed by atoms with E-state index < -0.39 is 0 Å². The number of amides is 1. The van der Waals surface area contributed by atoms with Gasteiger partial charge in [-0.05, 0) is 31.2 Å². The molecule has 122 valence electrons. The van der Waals surface area contributed by atoms with E-state index in [-0.39, 0.29) is 11.9 Å². The molecule has 1 unspecified atom stereocenters. The summed E-state index contributed by atoms with van der Waals surface area (Å²) in [5, 5.41) is 4.55. The van der Waals surface area contributed by atoms with E-state index in [0.717, 1.165) is 28.7 Å². The topological polar surface area (TPSA) is 51.5 Å². The number of hydrogen-bond donors (Lipinski definition) is 1. The van der Waals surface area contributed by atoms with Crippen LogP contribution >= 0.6 is 11.6 Å². The second-order valence-electron chi connectivity index (χ2n) is 5.90. The van der Waals surface area contributed by atoms with Crippen LogP contribution in [0.4, 0.5) is 0 Å². The van der Waals surface area contributed by atoms with Crippen molar-refractivity contribution in [3.8, 4) is 5.75 Å². The van der Waals surface area contributed by atoms with Gasteiger partial charge in [0.15, 0.2) is 5.76 Å². The van der Waals surface area contributed by atoms with Crippen molar-refractivity contribution in [1.82, 2.24) is 5.32 Å². The van der Waals surface area contributed by atoms with Crippen LogP contribution in [-0.4, -0.2) is 12.5 Å². The minimum absolute atomic E-state index is 0.0846. The third kappa shape index (κ3) is 2.53. The van der Waals surface area contributed by atoms with Gasteiger partial charge in [0.2, 0.25) is 0 Å². The first kappa shape index (κ1) is 15.1. The van der Waals surface area contributed by atoms with Crippen LogP contribution in [0.25, 0.3) is 11.0 Å². The average molecular weight is 342 g/mol. The van der Waals surface area contributed by atoms with Crippen molar-refractivity contribution in [2.75, 3.05) is 6.61 Å². The first-order chi connectivity index (χ1) is 11.6. The largest absolute Gasteiger partial charge is 0.493 e. The first-order valence-electron chi connectivity index (χ1n) is 7.85. The number of ether oxygens (including phenoxy) is 1. The molecule has 0 radical (unpaired) electrons. The SMILES string of the molecule is Cc1c(C(=O)NC2CCOc3ccccc32)oc2ccc(Cl)cc12. The fraction of sp³-hybridized carbons (Fsp3) is 0.211. The molecule has 0 aliphatic carbocycles. The Balaban J connectivity index is 1.65. The summed E-state index contributed by atoms with van der Waals surface area (Å²) in [6.07, 6.45) is 0.730. The minimum atomic E-state index is -0.221. The van der Waals surface area contributed by atoms with Crippen molar-refractivity contribution < 1.29 is 13.9 Å². The van der Waals surface area contributed by atoms with Crippen LogP contribution in [0.15, 0.2) is 46.9 Å². The Bertz CT molecular complexity index is 932. The lowest BCUT2D eigenvalue weighted by molar-refractivity contribution is 0.0898. The number of fused-ring (bicyclic) bond motifs is 2. The van der Waals surface area contributed by atoms with E-state index in [1.165, 1.54) is 0 Å². The minimum Gasteiger partial charge on any atom is -0.493 e. The summed E-state index contributed by atoms with van der Waals surface area (Å²) in [4.78, 5) is 12.7. The van der Waals surface area contributed by atoms with Gasteiger partial charge in [-0.1, -0.05) is 29.8 Å². The molecular formula is C19H16ClNO3. The van der Waals surface area contributed by atoms with Crippen LogP contribution in [0.5, 0.6) is 5.75 Å². The van der Waals surface area contributed by atoms with Crippen molar-refractivity contribution in [2.24, 2.45) is 0 Å². The lowest BCUT2D eigenvalue weighted by Gasteiger charge is -2.26. The normalized spacial score (nSPS) is 16.5. The molecule has 1 aliphatic heterocycles. The van der Waals surface area contributed by atoms with Gasteiger partial charge < -0.3 is 14.5 Å². The molecule has 0 fully saturated rings. The zero-order valence-electron chi connectivity index (χ0n) is 13.1. The van der Waals surface area contributed by atoms with Gasteiger partial charge in [0.25, 0.3) is 5.91 Å². The predicted molar refractivity (Wildman–Crippen MR) is 92.7 cm³/mol. The summed E-state index contributed by atoms with van der Waals surface area (Å²) in [6, 6.07) is 13.0. The second kappa shape index (κ2) is 5.87. The van der Waals surface area contributed by atoms with Crippen LogP contribution in [0, 0.1) is 6.92 Å². The maximum absolute atomic E-state index is 12.7. The van der Waals surface area contributed by atoms with Crippen molar-refractivity contribution in [1.29, 1.82) is 0 Å². The Morgan fingerprint density at radius 2 is 2.08 bits per heavy atom. The fourth-order valence-electron chi connectivity index (χ4n) is 3.13. The number of halogens is 1. The number of benzene rings is 2. The Morgan fingerprint density at radius 3 is 2.96 bits per heavy atom. The monoisotopic (exact) mass is 341 g/mol. The summed E-state index contributed by atoms with van der Waals surface area (Å²) in [5.74, 6) is 0.930. The number of rotatable bonds is 2. The van der Waals surface area contributed by atoms with E-state index in [9.17, 15) is 4.79 Å². The van der Waals surface area contributed by atoms with E-state index >= 15 is 0 Å². The highest BCUT2D eigenvalue weighted by Gasteiger charge is 2.25. The van der Waals surface area contributed by atoms with Gasteiger partial charge in [0.1, 0.15) is 11.3 Å². The molecular weight excluding hydrogens is 326 g/mol. The Kier molecular flexibility index (Phi) is 3.69. The van der Waals surface area contributed by atoms with Gasteiger partial charge in [-0.25, -0.2) is 0 Å². The molecule has 0 spiro atoms. The molecule has 3 aromatic rings. The van der Waals surface area contributed by atoms with Crippen molar-refractivity contribution >= 4 is 28.5 Å². The number of carbonyl (C=O) groups is 1. The van der Waals surface area contributed by atoms with Gasteiger partial charge in [0, 0.05) is 28.0 Å². The first-order valence-corrected chi connectivity index (χ1v) is 8.22. The molecule has 1 atom stereocenters. The van der Waals surface area contributed by atoms with Gasteiger partial charge >= 0.3 is 0 Å². The fourth-order valence-corrected chi connectivity index (χ4v) is 3.30. The lowest BCUT2D eigenvalue weighted by atomic mass is 10.0. The molecule has 1 aliphatic rings. The molecule has 0 saturated heterocycles. The van der Waals surface area contributed by atoms with Crippen LogP contribution < -0.4 is 10.1 Å². The zero-order chi connectivity index (χ0) is 16.7. The zero-order valence-corrected chi connectivity index (χ0v) is 13.9.